The lowest BCUT2D eigenvalue weighted by Gasteiger charge is -2.18. The zero-order valence-corrected chi connectivity index (χ0v) is 12.3. The fourth-order valence-electron chi connectivity index (χ4n) is 2.32. The summed E-state index contributed by atoms with van der Waals surface area (Å²) in [6.45, 7) is 6.95. The van der Waals surface area contributed by atoms with Crippen LogP contribution in [0.2, 0.25) is 0 Å². The molecule has 2 N–H and O–H groups in total. The van der Waals surface area contributed by atoms with Gasteiger partial charge in [0.25, 0.3) is 0 Å². The van der Waals surface area contributed by atoms with Crippen molar-refractivity contribution in [1.82, 2.24) is 9.55 Å². The summed E-state index contributed by atoms with van der Waals surface area (Å²) in [6.07, 6.45) is 4.50. The van der Waals surface area contributed by atoms with Crippen LogP contribution in [0.15, 0.2) is 30.7 Å². The highest BCUT2D eigenvalue weighted by Crippen LogP contribution is 2.19. The summed E-state index contributed by atoms with van der Waals surface area (Å²) in [5.74, 6) is 0.189. The van der Waals surface area contributed by atoms with E-state index in [1.807, 2.05) is 25.5 Å². The van der Waals surface area contributed by atoms with Gasteiger partial charge in [0.05, 0.1) is 12.0 Å². The Labute approximate surface area is 119 Å². The van der Waals surface area contributed by atoms with Crippen molar-refractivity contribution in [2.75, 3.05) is 0 Å². The van der Waals surface area contributed by atoms with Gasteiger partial charge in [0.2, 0.25) is 0 Å². The van der Waals surface area contributed by atoms with Crippen LogP contribution in [-0.4, -0.2) is 9.55 Å². The lowest BCUT2D eigenvalue weighted by Crippen LogP contribution is -2.20. The zero-order chi connectivity index (χ0) is 14.7. The maximum atomic E-state index is 13.1. The maximum Gasteiger partial charge on any atom is 0.123 e. The number of aryl methyl sites for hydroxylation is 3. The highest BCUT2D eigenvalue weighted by atomic mass is 19.1. The van der Waals surface area contributed by atoms with E-state index in [2.05, 4.69) is 23.4 Å². The number of hydrogen-bond donors (Lipinski definition) is 1. The normalized spacial score (nSPS) is 12.9. The molecule has 2 aromatic rings. The molecule has 1 aromatic carbocycles. The molecular formula is C16H22FN3. The molecule has 1 unspecified atom stereocenters. The summed E-state index contributed by atoms with van der Waals surface area (Å²) in [7, 11) is 0. The van der Waals surface area contributed by atoms with Crippen LogP contribution in [0.25, 0.3) is 0 Å². The van der Waals surface area contributed by atoms with Gasteiger partial charge in [-0.2, -0.15) is 0 Å². The van der Waals surface area contributed by atoms with Gasteiger partial charge in [-0.25, -0.2) is 9.37 Å². The monoisotopic (exact) mass is 275 g/mol. The molecular weight excluding hydrogens is 253 g/mol. The Morgan fingerprint density at radius 3 is 2.75 bits per heavy atom. The van der Waals surface area contributed by atoms with Crippen LogP contribution in [0, 0.1) is 18.7 Å². The second kappa shape index (κ2) is 6.18. The van der Waals surface area contributed by atoms with Crippen LogP contribution in [0.3, 0.4) is 0 Å². The maximum absolute atomic E-state index is 13.1. The number of benzene rings is 1. The first-order valence-electron chi connectivity index (χ1n) is 6.99. The van der Waals surface area contributed by atoms with Crippen LogP contribution < -0.4 is 5.73 Å². The first-order chi connectivity index (χ1) is 9.49. The molecule has 0 fully saturated rings. The van der Waals surface area contributed by atoms with Gasteiger partial charge in [-0.05, 0) is 42.5 Å². The van der Waals surface area contributed by atoms with E-state index in [9.17, 15) is 4.39 Å². The molecule has 1 aromatic heterocycles. The molecule has 0 aliphatic rings. The van der Waals surface area contributed by atoms with Crippen LogP contribution in [0.1, 0.15) is 36.7 Å². The van der Waals surface area contributed by atoms with E-state index >= 15 is 0 Å². The van der Waals surface area contributed by atoms with E-state index in [-0.39, 0.29) is 11.9 Å². The smallest absolute Gasteiger partial charge is 0.123 e. The Bertz CT molecular complexity index is 575. The molecule has 108 valence electrons. The molecule has 1 heterocycles. The lowest BCUT2D eigenvalue weighted by atomic mass is 10.0. The zero-order valence-electron chi connectivity index (χ0n) is 12.3. The Kier molecular flexibility index (Phi) is 4.55. The number of halogens is 1. The number of nitrogens with two attached hydrogens (primary N) is 1. The predicted molar refractivity (Wildman–Crippen MR) is 78.8 cm³/mol. The molecule has 0 saturated carbocycles. The van der Waals surface area contributed by atoms with Crippen molar-refractivity contribution in [3.8, 4) is 0 Å². The number of aromatic nitrogens is 2. The van der Waals surface area contributed by atoms with E-state index in [0.29, 0.717) is 5.92 Å². The molecule has 3 nitrogen and oxygen atoms in total. The van der Waals surface area contributed by atoms with E-state index < -0.39 is 0 Å². The summed E-state index contributed by atoms with van der Waals surface area (Å²) in [6, 6.07) is 4.93. The van der Waals surface area contributed by atoms with Crippen molar-refractivity contribution in [1.29, 1.82) is 0 Å². The van der Waals surface area contributed by atoms with Crippen molar-refractivity contribution >= 4 is 0 Å². The van der Waals surface area contributed by atoms with E-state index in [4.69, 9.17) is 5.73 Å². The first-order valence-corrected chi connectivity index (χ1v) is 6.99. The molecule has 20 heavy (non-hydrogen) atoms. The van der Waals surface area contributed by atoms with E-state index in [1.165, 1.54) is 6.07 Å². The fraction of sp³-hybridized carbons (Fsp3) is 0.438. The van der Waals surface area contributed by atoms with Crippen molar-refractivity contribution in [2.24, 2.45) is 11.7 Å². The second-order valence-corrected chi connectivity index (χ2v) is 5.60. The molecule has 2 rings (SSSR count). The highest BCUT2D eigenvalue weighted by Gasteiger charge is 2.15. The minimum Gasteiger partial charge on any atom is -0.333 e. The number of rotatable bonds is 5. The molecule has 0 bridgehead atoms. The summed E-state index contributed by atoms with van der Waals surface area (Å²) in [5, 5.41) is 0. The van der Waals surface area contributed by atoms with Crippen molar-refractivity contribution in [2.45, 2.75) is 39.8 Å². The number of imidazole rings is 1. The molecule has 1 atom stereocenters. The van der Waals surface area contributed by atoms with Crippen molar-refractivity contribution in [3.05, 3.63) is 53.4 Å². The van der Waals surface area contributed by atoms with Gasteiger partial charge in [-0.1, -0.05) is 19.9 Å². The molecule has 0 radical (unpaired) electrons. The van der Waals surface area contributed by atoms with Crippen molar-refractivity contribution < 1.29 is 4.39 Å². The fourth-order valence-corrected chi connectivity index (χ4v) is 2.32. The van der Waals surface area contributed by atoms with Crippen LogP contribution in [-0.2, 0) is 13.0 Å². The molecule has 0 aliphatic carbocycles. The van der Waals surface area contributed by atoms with Gasteiger partial charge in [-0.15, -0.1) is 0 Å². The van der Waals surface area contributed by atoms with Gasteiger partial charge >= 0.3 is 0 Å². The van der Waals surface area contributed by atoms with Gasteiger partial charge < -0.3 is 10.3 Å². The molecule has 0 spiro atoms. The average Bonchev–Trinajstić information content (AvgIpc) is 2.85. The molecule has 0 aliphatic heterocycles. The van der Waals surface area contributed by atoms with Gasteiger partial charge in [-0.3, -0.25) is 0 Å². The standard InChI is InChI=1S/C16H22FN3/c1-11(2)16(18)15-9-19-10-20(15)7-6-13-4-5-14(17)8-12(13)3/h4-5,8-11,16H,6-7,18H2,1-3H3. The Hall–Kier alpha value is -1.68. The minimum absolute atomic E-state index is 0.00758. The summed E-state index contributed by atoms with van der Waals surface area (Å²) in [4.78, 5) is 4.20. The number of nitrogens with zero attached hydrogens (tertiary/aromatic N) is 2. The third kappa shape index (κ3) is 3.25. The first kappa shape index (κ1) is 14.7. The second-order valence-electron chi connectivity index (χ2n) is 5.60. The topological polar surface area (TPSA) is 43.8 Å². The van der Waals surface area contributed by atoms with Gasteiger partial charge in [0.15, 0.2) is 0 Å². The van der Waals surface area contributed by atoms with Gasteiger partial charge in [0, 0.05) is 18.8 Å². The number of hydrogen-bond acceptors (Lipinski definition) is 2. The Morgan fingerprint density at radius 1 is 1.35 bits per heavy atom. The van der Waals surface area contributed by atoms with E-state index in [0.717, 1.165) is 29.8 Å². The lowest BCUT2D eigenvalue weighted by molar-refractivity contribution is 0.477. The Balaban J connectivity index is 2.10. The Morgan fingerprint density at radius 2 is 2.10 bits per heavy atom. The molecule has 0 saturated heterocycles. The minimum atomic E-state index is -0.184. The third-order valence-corrected chi connectivity index (χ3v) is 3.73. The summed E-state index contributed by atoms with van der Waals surface area (Å²) >= 11 is 0. The SMILES string of the molecule is Cc1cc(F)ccc1CCn1cncc1C(N)C(C)C. The van der Waals surface area contributed by atoms with Crippen LogP contribution in [0.4, 0.5) is 4.39 Å². The van der Waals surface area contributed by atoms with Crippen LogP contribution in [0.5, 0.6) is 0 Å². The summed E-state index contributed by atoms with van der Waals surface area (Å²) < 4.78 is 15.2. The quantitative estimate of drug-likeness (QED) is 0.910. The highest BCUT2D eigenvalue weighted by molar-refractivity contribution is 5.26. The largest absolute Gasteiger partial charge is 0.333 e. The third-order valence-electron chi connectivity index (χ3n) is 3.73. The predicted octanol–water partition coefficient (Wildman–Crippen LogP) is 3.23. The van der Waals surface area contributed by atoms with Crippen LogP contribution >= 0.6 is 0 Å². The average molecular weight is 275 g/mol. The molecule has 4 heteroatoms. The van der Waals surface area contributed by atoms with Gasteiger partial charge in [0.1, 0.15) is 5.82 Å². The van der Waals surface area contributed by atoms with Crippen molar-refractivity contribution in [3.63, 3.8) is 0 Å². The van der Waals surface area contributed by atoms with E-state index in [1.54, 1.807) is 6.07 Å². The summed E-state index contributed by atoms with van der Waals surface area (Å²) in [5.41, 5.74) is 9.39. The molecule has 0 amide bonds.